The van der Waals surface area contributed by atoms with E-state index in [9.17, 15) is 14.4 Å². The fourth-order valence-corrected chi connectivity index (χ4v) is 3.72. The van der Waals surface area contributed by atoms with E-state index in [1.807, 2.05) is 54.6 Å². The van der Waals surface area contributed by atoms with Gasteiger partial charge in [0, 0.05) is 0 Å². The third kappa shape index (κ3) is 4.48. The summed E-state index contributed by atoms with van der Waals surface area (Å²) in [5.74, 6) is -1.05. The summed E-state index contributed by atoms with van der Waals surface area (Å²) in [5.41, 5.74) is 1.38. The van der Waals surface area contributed by atoms with E-state index < -0.39 is 29.5 Å². The van der Waals surface area contributed by atoms with Gasteiger partial charge in [0.05, 0.1) is 0 Å². The van der Waals surface area contributed by atoms with Crippen LogP contribution in [0.15, 0.2) is 54.6 Å². The Morgan fingerprint density at radius 1 is 1.06 bits per heavy atom. The molecule has 1 N–H and O–H groups in total. The van der Waals surface area contributed by atoms with Crippen molar-refractivity contribution in [1.82, 2.24) is 10.2 Å². The lowest BCUT2D eigenvalue weighted by atomic mass is 9.84. The minimum Gasteiger partial charge on any atom is -0.459 e. The van der Waals surface area contributed by atoms with E-state index in [1.54, 1.807) is 13.8 Å². The van der Waals surface area contributed by atoms with E-state index >= 15 is 0 Å². The molecule has 3 rings (SSSR count). The third-order valence-corrected chi connectivity index (χ3v) is 5.74. The van der Waals surface area contributed by atoms with Gasteiger partial charge in [0.25, 0.3) is 5.91 Å². The maximum absolute atomic E-state index is 13.3. The molecule has 0 aliphatic carbocycles. The first kappa shape index (κ1) is 22.5. The lowest BCUT2D eigenvalue weighted by Gasteiger charge is -2.26. The van der Waals surface area contributed by atoms with Crippen molar-refractivity contribution in [2.45, 2.75) is 64.6 Å². The van der Waals surface area contributed by atoms with Crippen LogP contribution in [0.2, 0.25) is 0 Å². The highest BCUT2D eigenvalue weighted by molar-refractivity contribution is 6.09. The van der Waals surface area contributed by atoms with Gasteiger partial charge in [0.15, 0.2) is 0 Å². The van der Waals surface area contributed by atoms with Gasteiger partial charge in [0.2, 0.25) is 0 Å². The maximum atomic E-state index is 13.3. The van der Waals surface area contributed by atoms with Gasteiger partial charge in [-0.1, -0.05) is 82.3 Å². The lowest BCUT2D eigenvalue weighted by Crippen LogP contribution is -2.47. The summed E-state index contributed by atoms with van der Waals surface area (Å²) in [5, 5.41) is 2.78. The first-order chi connectivity index (χ1) is 14.6. The van der Waals surface area contributed by atoms with Crippen LogP contribution in [0.1, 0.15) is 57.7 Å². The Labute approximate surface area is 183 Å². The van der Waals surface area contributed by atoms with E-state index in [4.69, 9.17) is 4.74 Å². The molecule has 0 saturated carbocycles. The number of rotatable bonds is 6. The second kappa shape index (κ2) is 8.53. The number of ether oxygens (including phenoxy) is 1. The number of esters is 1. The molecule has 1 fully saturated rings. The quantitative estimate of drug-likeness (QED) is 0.557. The van der Waals surface area contributed by atoms with Crippen LogP contribution in [0.4, 0.5) is 4.79 Å². The van der Waals surface area contributed by atoms with Crippen LogP contribution in [-0.4, -0.2) is 28.8 Å². The topological polar surface area (TPSA) is 75.7 Å². The molecule has 2 unspecified atom stereocenters. The number of amides is 3. The van der Waals surface area contributed by atoms with Crippen LogP contribution in [0.25, 0.3) is 0 Å². The summed E-state index contributed by atoms with van der Waals surface area (Å²) in [4.78, 5) is 39.8. The molecule has 1 heterocycles. The highest BCUT2D eigenvalue weighted by Crippen LogP contribution is 2.32. The molecule has 0 bridgehead atoms. The number of benzene rings is 2. The Morgan fingerprint density at radius 2 is 1.68 bits per heavy atom. The van der Waals surface area contributed by atoms with Gasteiger partial charge in [-0.3, -0.25) is 4.79 Å². The van der Waals surface area contributed by atoms with Crippen LogP contribution < -0.4 is 5.32 Å². The highest BCUT2D eigenvalue weighted by Gasteiger charge is 2.52. The first-order valence-corrected chi connectivity index (χ1v) is 10.6. The van der Waals surface area contributed by atoms with Crippen molar-refractivity contribution < 1.29 is 19.1 Å². The molecular weight excluding hydrogens is 392 g/mol. The maximum Gasteiger partial charge on any atom is 0.329 e. The van der Waals surface area contributed by atoms with Crippen molar-refractivity contribution in [1.29, 1.82) is 0 Å². The summed E-state index contributed by atoms with van der Waals surface area (Å²) in [6.07, 6.45) is 0.270. The molecular formula is C25H30N2O4. The van der Waals surface area contributed by atoms with Gasteiger partial charge < -0.3 is 10.1 Å². The Hall–Kier alpha value is -3.15. The Balaban J connectivity index is 1.79. The van der Waals surface area contributed by atoms with Gasteiger partial charge in [-0.05, 0) is 35.4 Å². The molecule has 1 aliphatic rings. The molecule has 6 heteroatoms. The number of hydrogen-bond donors (Lipinski definition) is 1. The van der Waals surface area contributed by atoms with E-state index in [2.05, 4.69) is 26.1 Å². The van der Waals surface area contributed by atoms with E-state index in [0.29, 0.717) is 5.56 Å². The second-order valence-corrected chi connectivity index (χ2v) is 9.08. The number of carbonyl (C=O) groups excluding carboxylic acids is 3. The lowest BCUT2D eigenvalue weighted by molar-refractivity contribution is -0.154. The summed E-state index contributed by atoms with van der Waals surface area (Å²) in [6, 6.07) is 15.4. The molecule has 2 aromatic rings. The fourth-order valence-electron chi connectivity index (χ4n) is 3.72. The van der Waals surface area contributed by atoms with Gasteiger partial charge in [-0.25, -0.2) is 14.5 Å². The normalized spacial score (nSPS) is 19.8. The molecule has 3 amide bonds. The monoisotopic (exact) mass is 422 g/mol. The van der Waals surface area contributed by atoms with Crippen LogP contribution in [-0.2, 0) is 31.9 Å². The summed E-state index contributed by atoms with van der Waals surface area (Å²) in [6.45, 7) is 9.85. The van der Waals surface area contributed by atoms with Crippen LogP contribution in [0.3, 0.4) is 0 Å². The van der Waals surface area contributed by atoms with Crippen molar-refractivity contribution >= 4 is 17.9 Å². The minimum atomic E-state index is -1.24. The van der Waals surface area contributed by atoms with Gasteiger partial charge in [-0.15, -0.1) is 0 Å². The molecule has 0 radical (unpaired) electrons. The van der Waals surface area contributed by atoms with Gasteiger partial charge in [0.1, 0.15) is 18.2 Å². The number of nitrogens with zero attached hydrogens (tertiary/aromatic N) is 1. The Morgan fingerprint density at radius 3 is 2.23 bits per heavy atom. The second-order valence-electron chi connectivity index (χ2n) is 9.08. The molecule has 0 spiro atoms. The van der Waals surface area contributed by atoms with Gasteiger partial charge in [-0.2, -0.15) is 0 Å². The molecule has 0 aromatic heterocycles. The molecule has 1 saturated heterocycles. The largest absolute Gasteiger partial charge is 0.459 e. The number of carbonyl (C=O) groups is 3. The number of imide groups is 1. The smallest absolute Gasteiger partial charge is 0.329 e. The number of hydrogen-bond acceptors (Lipinski definition) is 4. The molecule has 1 aliphatic heterocycles. The number of urea groups is 1. The minimum absolute atomic E-state index is 0.0236. The van der Waals surface area contributed by atoms with Crippen molar-refractivity contribution in [2.75, 3.05) is 0 Å². The average Bonchev–Trinajstić information content (AvgIpc) is 2.97. The third-order valence-electron chi connectivity index (χ3n) is 5.74. The van der Waals surface area contributed by atoms with Crippen molar-refractivity contribution in [3.63, 3.8) is 0 Å². The van der Waals surface area contributed by atoms with E-state index in [0.717, 1.165) is 16.0 Å². The standard InChI is InChI=1S/C25H30N2O4/c1-6-20(21(28)31-16-17-10-8-7-9-11-17)27-22(29)25(5,26-23(27)30)19-14-12-18(13-15-19)24(2,3)4/h7-15,20H,6,16H2,1-5H3,(H,26,30). The zero-order valence-electron chi connectivity index (χ0n) is 18.8. The van der Waals surface area contributed by atoms with Crippen molar-refractivity contribution in [2.24, 2.45) is 0 Å². The molecule has 2 aromatic carbocycles. The summed E-state index contributed by atoms with van der Waals surface area (Å²) < 4.78 is 5.40. The van der Waals surface area contributed by atoms with Crippen LogP contribution in [0.5, 0.6) is 0 Å². The predicted octanol–water partition coefficient (Wildman–Crippen LogP) is 4.27. The molecule has 164 valence electrons. The van der Waals surface area contributed by atoms with Crippen LogP contribution in [0, 0.1) is 0 Å². The first-order valence-electron chi connectivity index (χ1n) is 10.6. The zero-order chi connectivity index (χ0) is 22.8. The Bertz CT molecular complexity index is 963. The zero-order valence-corrected chi connectivity index (χ0v) is 18.8. The fraction of sp³-hybridized carbons (Fsp3) is 0.400. The predicted molar refractivity (Wildman–Crippen MR) is 118 cm³/mol. The van der Waals surface area contributed by atoms with Crippen LogP contribution >= 0.6 is 0 Å². The van der Waals surface area contributed by atoms with E-state index in [1.165, 1.54) is 0 Å². The molecule has 2 atom stereocenters. The van der Waals surface area contributed by atoms with Gasteiger partial charge >= 0.3 is 12.0 Å². The van der Waals surface area contributed by atoms with Crippen molar-refractivity contribution in [3.8, 4) is 0 Å². The average molecular weight is 423 g/mol. The number of nitrogens with one attached hydrogen (secondary N) is 1. The molecule has 31 heavy (non-hydrogen) atoms. The SMILES string of the molecule is CCC(C(=O)OCc1ccccc1)N1C(=O)NC(C)(c2ccc(C(C)(C)C)cc2)C1=O. The summed E-state index contributed by atoms with van der Waals surface area (Å²) in [7, 11) is 0. The van der Waals surface area contributed by atoms with Crippen molar-refractivity contribution in [3.05, 3.63) is 71.3 Å². The van der Waals surface area contributed by atoms with E-state index in [-0.39, 0.29) is 18.4 Å². The highest BCUT2D eigenvalue weighted by atomic mass is 16.5. The summed E-state index contributed by atoms with van der Waals surface area (Å²) >= 11 is 0. The molecule has 6 nitrogen and oxygen atoms in total. The Kier molecular flexibility index (Phi) is 6.20.